The molecule has 1 aliphatic rings. The van der Waals surface area contributed by atoms with Crippen LogP contribution >= 0.6 is 34.9 Å². The first kappa shape index (κ1) is 22.3. The van der Waals surface area contributed by atoms with Crippen LogP contribution in [0.4, 0.5) is 10.9 Å². The highest BCUT2D eigenvalue weighted by Gasteiger charge is 2.20. The van der Waals surface area contributed by atoms with Crippen molar-refractivity contribution in [1.82, 2.24) is 18.7 Å². The number of halogens is 1. The number of aromatic nitrogens is 3. The number of hydrogen-bond donors (Lipinski definition) is 0. The summed E-state index contributed by atoms with van der Waals surface area (Å²) in [5.74, 6) is 1.07. The van der Waals surface area contributed by atoms with Crippen LogP contribution in [0.25, 0.3) is 22.5 Å². The van der Waals surface area contributed by atoms with Crippen LogP contribution in [0.2, 0.25) is 5.02 Å². The first-order valence-electron chi connectivity index (χ1n) is 11.1. The summed E-state index contributed by atoms with van der Waals surface area (Å²) in [7, 11) is 2.08. The van der Waals surface area contributed by atoms with Gasteiger partial charge in [-0.05, 0) is 54.7 Å². The maximum atomic E-state index is 6.05. The van der Waals surface area contributed by atoms with Crippen LogP contribution in [-0.2, 0) is 6.42 Å². The van der Waals surface area contributed by atoms with Gasteiger partial charge in [0.2, 0.25) is 0 Å². The lowest BCUT2D eigenvalue weighted by atomic mass is 10.0. The molecular weight excluding hydrogens is 470 g/mol. The molecule has 0 aliphatic carbocycles. The molecule has 33 heavy (non-hydrogen) atoms. The minimum Gasteiger partial charge on any atom is -0.323 e. The molecule has 0 amide bonds. The van der Waals surface area contributed by atoms with Gasteiger partial charge in [0.15, 0.2) is 5.13 Å². The molecule has 5 rings (SSSR count). The van der Waals surface area contributed by atoms with Crippen LogP contribution in [0.3, 0.4) is 0 Å². The molecule has 0 fully saturated rings. The Balaban J connectivity index is 1.54. The number of thiazole rings is 1. The van der Waals surface area contributed by atoms with Crippen LogP contribution in [0, 0.1) is 0 Å². The predicted octanol–water partition coefficient (Wildman–Crippen LogP) is 7.16. The molecule has 0 saturated carbocycles. The molecule has 1 aliphatic heterocycles. The second-order valence-corrected chi connectivity index (χ2v) is 10.2. The average Bonchev–Trinajstić information content (AvgIpc) is 3.49. The van der Waals surface area contributed by atoms with Crippen molar-refractivity contribution in [1.29, 1.82) is 0 Å². The van der Waals surface area contributed by atoms with Gasteiger partial charge >= 0.3 is 0 Å². The SMILES string of the molecule is CCc1nc2ccc(C3=CN(SC)CCC3)cn2c1N(C)c1nc(-c2ccc(Cl)cc2)cs1. The van der Waals surface area contributed by atoms with E-state index in [0.717, 1.165) is 58.0 Å². The highest BCUT2D eigenvalue weighted by atomic mass is 35.5. The van der Waals surface area contributed by atoms with Crippen LogP contribution in [0.5, 0.6) is 0 Å². The molecule has 0 atom stereocenters. The lowest BCUT2D eigenvalue weighted by Crippen LogP contribution is -2.15. The van der Waals surface area contributed by atoms with Gasteiger partial charge in [0.05, 0.1) is 11.4 Å². The summed E-state index contributed by atoms with van der Waals surface area (Å²) in [4.78, 5) is 12.0. The number of fused-ring (bicyclic) bond motifs is 1. The molecule has 0 spiro atoms. The van der Waals surface area contributed by atoms with Crippen molar-refractivity contribution >= 4 is 57.1 Å². The van der Waals surface area contributed by atoms with Gasteiger partial charge in [-0.25, -0.2) is 9.97 Å². The van der Waals surface area contributed by atoms with E-state index < -0.39 is 0 Å². The Kier molecular flexibility index (Phi) is 6.36. The van der Waals surface area contributed by atoms with E-state index in [1.807, 2.05) is 24.3 Å². The molecule has 3 aromatic heterocycles. The number of pyridine rings is 1. The first-order valence-corrected chi connectivity index (χ1v) is 13.5. The second kappa shape index (κ2) is 9.41. The topological polar surface area (TPSA) is 36.7 Å². The van der Waals surface area contributed by atoms with E-state index >= 15 is 0 Å². The third kappa shape index (κ3) is 4.37. The fraction of sp³-hybridized carbons (Fsp3) is 0.280. The fourth-order valence-corrected chi connectivity index (χ4v) is 5.69. The molecule has 0 radical (unpaired) electrons. The normalized spacial score (nSPS) is 14.1. The van der Waals surface area contributed by atoms with E-state index in [-0.39, 0.29) is 0 Å². The first-order chi connectivity index (χ1) is 16.1. The zero-order valence-corrected chi connectivity index (χ0v) is 21.3. The van der Waals surface area contributed by atoms with Gasteiger partial charge in [-0.15, -0.1) is 11.3 Å². The minimum atomic E-state index is 0.731. The van der Waals surface area contributed by atoms with Gasteiger partial charge in [-0.3, -0.25) is 4.40 Å². The zero-order valence-electron chi connectivity index (χ0n) is 19.0. The molecule has 5 nitrogen and oxygen atoms in total. The molecule has 4 heterocycles. The Bertz CT molecular complexity index is 1310. The fourth-order valence-electron chi connectivity index (χ4n) is 4.22. The number of hydrogen-bond acceptors (Lipinski definition) is 6. The number of aryl methyl sites for hydroxylation is 1. The van der Waals surface area contributed by atoms with Gasteiger partial charge in [-0.2, -0.15) is 0 Å². The lowest BCUT2D eigenvalue weighted by Gasteiger charge is -2.24. The third-order valence-corrected chi connectivity index (χ3v) is 7.89. The highest BCUT2D eigenvalue weighted by Crippen LogP contribution is 2.35. The van der Waals surface area contributed by atoms with Crippen molar-refractivity contribution in [2.45, 2.75) is 26.2 Å². The molecular formula is C25H26ClN5S2. The van der Waals surface area contributed by atoms with Gasteiger partial charge in [-0.1, -0.05) is 42.6 Å². The number of nitrogens with zero attached hydrogens (tertiary/aromatic N) is 5. The summed E-state index contributed by atoms with van der Waals surface area (Å²) in [5, 5.41) is 3.76. The molecule has 0 bridgehead atoms. The third-order valence-electron chi connectivity index (χ3n) is 5.96. The van der Waals surface area contributed by atoms with Crippen molar-refractivity contribution in [3.8, 4) is 11.3 Å². The number of benzene rings is 1. The molecule has 1 aromatic carbocycles. The predicted molar refractivity (Wildman–Crippen MR) is 143 cm³/mol. The van der Waals surface area contributed by atoms with E-state index in [1.165, 1.54) is 17.6 Å². The monoisotopic (exact) mass is 495 g/mol. The molecule has 0 saturated heterocycles. The van der Waals surface area contributed by atoms with Crippen molar-refractivity contribution in [2.24, 2.45) is 0 Å². The van der Waals surface area contributed by atoms with Crippen molar-refractivity contribution in [3.05, 3.63) is 70.5 Å². The largest absolute Gasteiger partial charge is 0.323 e. The average molecular weight is 496 g/mol. The van der Waals surface area contributed by atoms with Crippen molar-refractivity contribution < 1.29 is 0 Å². The van der Waals surface area contributed by atoms with Crippen LogP contribution < -0.4 is 4.90 Å². The van der Waals surface area contributed by atoms with E-state index in [4.69, 9.17) is 21.6 Å². The summed E-state index contributed by atoms with van der Waals surface area (Å²) in [6, 6.07) is 12.1. The zero-order chi connectivity index (χ0) is 22.9. The Morgan fingerprint density at radius 1 is 1.12 bits per heavy atom. The quantitative estimate of drug-likeness (QED) is 0.265. The van der Waals surface area contributed by atoms with E-state index in [0.29, 0.717) is 0 Å². The Labute approximate surface area is 207 Å². The van der Waals surface area contributed by atoms with Crippen LogP contribution in [-0.4, -0.2) is 38.5 Å². The molecule has 0 N–H and O–H groups in total. The molecule has 8 heteroatoms. The second-order valence-electron chi connectivity index (χ2n) is 8.04. The summed E-state index contributed by atoms with van der Waals surface area (Å²) < 4.78 is 4.53. The van der Waals surface area contributed by atoms with Crippen LogP contribution in [0.15, 0.2) is 54.2 Å². The maximum Gasteiger partial charge on any atom is 0.191 e. The number of allylic oxidation sites excluding steroid dienone is 1. The Hall–Kier alpha value is -2.48. The summed E-state index contributed by atoms with van der Waals surface area (Å²) in [6.45, 7) is 3.26. The molecule has 170 valence electrons. The van der Waals surface area contributed by atoms with Crippen molar-refractivity contribution in [3.63, 3.8) is 0 Å². The van der Waals surface area contributed by atoms with Gasteiger partial charge in [0, 0.05) is 48.2 Å². The highest BCUT2D eigenvalue weighted by molar-refractivity contribution is 7.96. The Morgan fingerprint density at radius 2 is 1.91 bits per heavy atom. The summed E-state index contributed by atoms with van der Waals surface area (Å²) in [5.41, 5.74) is 6.67. The standard InChI is InChI=1S/C25H26ClN5S2/c1-4-21-24(29(2)25-28-22(16-33-25)17-7-10-20(26)11-8-17)31-15-19(9-12-23(31)27-21)18-6-5-13-30(14-18)32-3/h7-12,14-16H,4-6,13H2,1-3H3. The smallest absolute Gasteiger partial charge is 0.191 e. The summed E-state index contributed by atoms with van der Waals surface area (Å²) in [6.07, 6.45) is 9.78. The van der Waals surface area contributed by atoms with Crippen LogP contribution in [0.1, 0.15) is 31.0 Å². The number of rotatable bonds is 6. The number of anilines is 2. The lowest BCUT2D eigenvalue weighted by molar-refractivity contribution is 0.570. The van der Waals surface area contributed by atoms with Gasteiger partial charge in [0.25, 0.3) is 0 Å². The van der Waals surface area contributed by atoms with E-state index in [1.54, 1.807) is 23.3 Å². The van der Waals surface area contributed by atoms with E-state index in [9.17, 15) is 0 Å². The molecule has 0 unspecified atom stereocenters. The summed E-state index contributed by atoms with van der Waals surface area (Å²) >= 11 is 9.47. The van der Waals surface area contributed by atoms with Crippen molar-refractivity contribution in [2.75, 3.05) is 24.7 Å². The van der Waals surface area contributed by atoms with Gasteiger partial charge < -0.3 is 9.21 Å². The van der Waals surface area contributed by atoms with E-state index in [2.05, 4.69) is 63.7 Å². The maximum absolute atomic E-state index is 6.05. The molecule has 4 aromatic rings. The van der Waals surface area contributed by atoms with Gasteiger partial charge in [0.1, 0.15) is 11.5 Å². The minimum absolute atomic E-state index is 0.731. The number of imidazole rings is 1. The Morgan fingerprint density at radius 3 is 2.67 bits per heavy atom.